The largest absolute Gasteiger partial charge is 0.370 e. The van der Waals surface area contributed by atoms with E-state index in [1.807, 2.05) is 6.07 Å². The Morgan fingerprint density at radius 2 is 1.97 bits per heavy atom. The van der Waals surface area contributed by atoms with Crippen molar-refractivity contribution in [2.75, 3.05) is 37.6 Å². The molecular weight excluding hydrogens is 488 g/mol. The van der Waals surface area contributed by atoms with Crippen molar-refractivity contribution in [2.24, 2.45) is 5.73 Å². The lowest BCUT2D eigenvalue weighted by atomic mass is 9.97. The average molecular weight is 523 g/mol. The van der Waals surface area contributed by atoms with Crippen LogP contribution in [-0.4, -0.2) is 65.6 Å². The zero-order valence-electron chi connectivity index (χ0n) is 20.1. The summed E-state index contributed by atoms with van der Waals surface area (Å²) >= 11 is 12.5. The lowest BCUT2D eigenvalue weighted by Crippen LogP contribution is -2.58. The van der Waals surface area contributed by atoms with Crippen LogP contribution in [-0.2, 0) is 13.1 Å². The quantitative estimate of drug-likeness (QED) is 0.376. The summed E-state index contributed by atoms with van der Waals surface area (Å²) in [6.45, 7) is 7.97. The number of likely N-dealkylation sites (tertiary alicyclic amines) is 1. The lowest BCUT2D eigenvalue weighted by Gasteiger charge is -2.47. The Labute approximate surface area is 216 Å². The van der Waals surface area contributed by atoms with Crippen LogP contribution in [0.2, 0.25) is 10.0 Å². The highest BCUT2D eigenvalue weighted by atomic mass is 35.5. The molecule has 0 bridgehead atoms. The molecule has 2 aliphatic heterocycles. The number of hydrogen-bond acceptors (Lipinski definition) is 5. The molecule has 0 radical (unpaired) electrons. The van der Waals surface area contributed by atoms with Gasteiger partial charge in [0.15, 0.2) is 5.96 Å². The molecule has 2 aromatic rings. The molecule has 0 saturated carbocycles. The SMILES string of the molecule is CC[C@H]1CN(c2ncc(CNC(=N)N)cc2Cl)CCN1C1CCN(Cc2ccc(Cl)cc2F)CC1. The molecule has 2 saturated heterocycles. The molecule has 3 heterocycles. The highest BCUT2D eigenvalue weighted by molar-refractivity contribution is 6.33. The molecule has 1 atom stereocenters. The first kappa shape index (κ1) is 25.9. The molecule has 10 heteroatoms. The van der Waals surface area contributed by atoms with Crippen LogP contribution in [0.25, 0.3) is 0 Å². The number of piperazine rings is 1. The van der Waals surface area contributed by atoms with Gasteiger partial charge < -0.3 is 16.0 Å². The molecule has 4 rings (SSSR count). The Bertz CT molecular complexity index is 1030. The highest BCUT2D eigenvalue weighted by Gasteiger charge is 2.34. The monoisotopic (exact) mass is 521 g/mol. The number of nitrogens with one attached hydrogen (secondary N) is 2. The number of hydrogen-bond donors (Lipinski definition) is 3. The van der Waals surface area contributed by atoms with Crippen LogP contribution in [0.15, 0.2) is 30.5 Å². The minimum absolute atomic E-state index is 0.0740. The summed E-state index contributed by atoms with van der Waals surface area (Å²) in [7, 11) is 0. The summed E-state index contributed by atoms with van der Waals surface area (Å²) in [6, 6.07) is 7.82. The second kappa shape index (κ2) is 11.7. The molecule has 2 aliphatic rings. The zero-order chi connectivity index (χ0) is 24.9. The fraction of sp³-hybridized carbons (Fsp3) is 0.520. The first-order valence-electron chi connectivity index (χ1n) is 12.2. The summed E-state index contributed by atoms with van der Waals surface area (Å²) in [5.41, 5.74) is 6.97. The number of aromatic nitrogens is 1. The van der Waals surface area contributed by atoms with Crippen molar-refractivity contribution in [2.45, 2.75) is 51.4 Å². The predicted octanol–water partition coefficient (Wildman–Crippen LogP) is 4.08. The number of guanidine groups is 1. The molecule has 7 nitrogen and oxygen atoms in total. The number of nitrogens with zero attached hydrogens (tertiary/aromatic N) is 4. The van der Waals surface area contributed by atoms with Crippen LogP contribution in [0.1, 0.15) is 37.3 Å². The highest BCUT2D eigenvalue weighted by Crippen LogP contribution is 2.30. The second-order valence-corrected chi connectivity index (χ2v) is 10.2. The smallest absolute Gasteiger partial charge is 0.185 e. The molecule has 0 spiro atoms. The maximum Gasteiger partial charge on any atom is 0.185 e. The molecule has 2 fully saturated rings. The van der Waals surface area contributed by atoms with E-state index in [0.717, 1.165) is 63.4 Å². The number of rotatable bonds is 7. The van der Waals surface area contributed by atoms with Crippen LogP contribution in [0.3, 0.4) is 0 Å². The minimum Gasteiger partial charge on any atom is -0.370 e. The number of anilines is 1. The van der Waals surface area contributed by atoms with E-state index in [9.17, 15) is 4.39 Å². The van der Waals surface area contributed by atoms with Crippen LogP contribution < -0.4 is 16.0 Å². The Morgan fingerprint density at radius 3 is 2.63 bits per heavy atom. The molecule has 190 valence electrons. The van der Waals surface area contributed by atoms with Gasteiger partial charge in [-0.2, -0.15) is 0 Å². The van der Waals surface area contributed by atoms with Gasteiger partial charge in [0.1, 0.15) is 11.6 Å². The van der Waals surface area contributed by atoms with Gasteiger partial charge in [-0.05, 0) is 56.1 Å². The van der Waals surface area contributed by atoms with Crippen LogP contribution in [0.4, 0.5) is 10.2 Å². The van der Waals surface area contributed by atoms with Crippen molar-refractivity contribution in [1.82, 2.24) is 20.1 Å². The van der Waals surface area contributed by atoms with E-state index in [1.165, 1.54) is 6.07 Å². The third-order valence-electron chi connectivity index (χ3n) is 7.10. The van der Waals surface area contributed by atoms with Gasteiger partial charge in [-0.3, -0.25) is 15.2 Å². The topological polar surface area (TPSA) is 84.5 Å². The first-order chi connectivity index (χ1) is 16.8. The number of nitrogens with two attached hydrogens (primary N) is 1. The zero-order valence-corrected chi connectivity index (χ0v) is 21.6. The van der Waals surface area contributed by atoms with E-state index in [4.69, 9.17) is 34.3 Å². The predicted molar refractivity (Wildman–Crippen MR) is 141 cm³/mol. The Hall–Kier alpha value is -2.13. The van der Waals surface area contributed by atoms with Crippen LogP contribution in [0.5, 0.6) is 0 Å². The molecule has 0 amide bonds. The van der Waals surface area contributed by atoms with Gasteiger partial charge in [-0.15, -0.1) is 0 Å². The molecule has 0 unspecified atom stereocenters. The maximum atomic E-state index is 14.2. The normalized spacial score (nSPS) is 20.2. The van der Waals surface area contributed by atoms with E-state index in [2.05, 4.69) is 31.9 Å². The van der Waals surface area contributed by atoms with Crippen LogP contribution >= 0.6 is 23.2 Å². The summed E-state index contributed by atoms with van der Waals surface area (Å²) in [4.78, 5) is 11.9. The lowest BCUT2D eigenvalue weighted by molar-refractivity contribution is 0.0607. The number of piperidine rings is 1. The molecule has 0 aliphatic carbocycles. The van der Waals surface area contributed by atoms with Crippen molar-refractivity contribution >= 4 is 35.0 Å². The summed E-state index contributed by atoms with van der Waals surface area (Å²) < 4.78 is 14.2. The van der Waals surface area contributed by atoms with E-state index in [1.54, 1.807) is 18.3 Å². The Morgan fingerprint density at radius 1 is 1.20 bits per heavy atom. The third kappa shape index (κ3) is 6.55. The number of halogens is 3. The first-order valence-corrected chi connectivity index (χ1v) is 13.0. The summed E-state index contributed by atoms with van der Waals surface area (Å²) in [5, 5.41) is 11.1. The van der Waals surface area contributed by atoms with Crippen molar-refractivity contribution in [3.8, 4) is 0 Å². The van der Waals surface area contributed by atoms with Gasteiger partial charge in [-0.1, -0.05) is 36.2 Å². The van der Waals surface area contributed by atoms with Gasteiger partial charge in [-0.25, -0.2) is 9.37 Å². The number of benzene rings is 1. The molecular formula is C25H34Cl2FN7. The van der Waals surface area contributed by atoms with Crippen molar-refractivity contribution in [3.63, 3.8) is 0 Å². The average Bonchev–Trinajstić information content (AvgIpc) is 2.84. The van der Waals surface area contributed by atoms with Gasteiger partial charge in [0.2, 0.25) is 0 Å². The number of pyridine rings is 1. The second-order valence-electron chi connectivity index (χ2n) is 9.41. The van der Waals surface area contributed by atoms with E-state index in [0.29, 0.717) is 40.8 Å². The van der Waals surface area contributed by atoms with Gasteiger partial charge in [0, 0.05) is 61.6 Å². The third-order valence-corrected chi connectivity index (χ3v) is 7.61. The standard InChI is InChI=1S/C25H34Cl2FN7/c1-2-20-16-34(24-22(27)11-17(13-31-24)14-32-25(29)30)9-10-35(20)21-5-7-33(8-6-21)15-18-3-4-19(26)12-23(18)28/h3-4,11-13,20-21H,2,5-10,14-16H2,1H3,(H4,29,30,32)/t20-/m0/s1. The van der Waals surface area contributed by atoms with Crippen LogP contribution in [0, 0.1) is 11.2 Å². The molecule has 1 aromatic heterocycles. The Kier molecular flexibility index (Phi) is 8.70. The maximum absolute atomic E-state index is 14.2. The van der Waals surface area contributed by atoms with E-state index in [-0.39, 0.29) is 11.8 Å². The van der Waals surface area contributed by atoms with Crippen molar-refractivity contribution in [1.29, 1.82) is 5.41 Å². The van der Waals surface area contributed by atoms with E-state index >= 15 is 0 Å². The van der Waals surface area contributed by atoms with Crippen molar-refractivity contribution in [3.05, 3.63) is 57.5 Å². The Balaban J connectivity index is 1.32. The van der Waals surface area contributed by atoms with Gasteiger partial charge in [0.25, 0.3) is 0 Å². The molecule has 35 heavy (non-hydrogen) atoms. The summed E-state index contributed by atoms with van der Waals surface area (Å²) in [6.07, 6.45) is 5.03. The van der Waals surface area contributed by atoms with Crippen molar-refractivity contribution < 1.29 is 4.39 Å². The summed E-state index contributed by atoms with van der Waals surface area (Å²) in [5.74, 6) is 0.517. The van der Waals surface area contributed by atoms with Gasteiger partial charge in [0.05, 0.1) is 5.02 Å². The fourth-order valence-electron chi connectivity index (χ4n) is 5.20. The molecule has 4 N–H and O–H groups in total. The van der Waals surface area contributed by atoms with Gasteiger partial charge >= 0.3 is 0 Å². The molecule has 1 aromatic carbocycles. The fourth-order valence-corrected chi connectivity index (χ4v) is 5.67. The minimum atomic E-state index is -0.225. The van der Waals surface area contributed by atoms with E-state index < -0.39 is 0 Å².